The van der Waals surface area contributed by atoms with Crippen LogP contribution in [-0.2, 0) is 14.8 Å². The maximum Gasteiger partial charge on any atom is 0.318 e. The molecule has 0 spiro atoms. The SMILES string of the molecule is COc1ccc(S(=O)(=O)N(CC(=O)O)C(C)C)cc1F. The van der Waals surface area contributed by atoms with Crippen LogP contribution in [0, 0.1) is 5.82 Å². The van der Waals surface area contributed by atoms with Gasteiger partial charge in [-0.15, -0.1) is 0 Å². The van der Waals surface area contributed by atoms with Crippen LogP contribution in [0.4, 0.5) is 4.39 Å². The second-order valence-electron chi connectivity index (χ2n) is 4.33. The molecule has 1 rings (SSSR count). The van der Waals surface area contributed by atoms with Gasteiger partial charge in [-0.25, -0.2) is 12.8 Å². The molecule has 0 heterocycles. The minimum atomic E-state index is -4.09. The number of hydrogen-bond acceptors (Lipinski definition) is 4. The van der Waals surface area contributed by atoms with Crippen molar-refractivity contribution in [2.45, 2.75) is 24.8 Å². The molecule has 0 bridgehead atoms. The number of rotatable bonds is 6. The number of sulfonamides is 1. The zero-order valence-corrected chi connectivity index (χ0v) is 12.1. The highest BCUT2D eigenvalue weighted by molar-refractivity contribution is 7.89. The van der Waals surface area contributed by atoms with Gasteiger partial charge in [-0.3, -0.25) is 4.79 Å². The predicted molar refractivity (Wildman–Crippen MR) is 69.6 cm³/mol. The van der Waals surface area contributed by atoms with Crippen molar-refractivity contribution in [1.82, 2.24) is 4.31 Å². The van der Waals surface area contributed by atoms with Crippen LogP contribution < -0.4 is 4.74 Å². The highest BCUT2D eigenvalue weighted by Gasteiger charge is 2.29. The summed E-state index contributed by atoms with van der Waals surface area (Å²) in [5.41, 5.74) is 0. The zero-order valence-electron chi connectivity index (χ0n) is 11.3. The molecule has 0 atom stereocenters. The lowest BCUT2D eigenvalue weighted by Gasteiger charge is -2.24. The quantitative estimate of drug-likeness (QED) is 0.857. The fourth-order valence-corrected chi connectivity index (χ4v) is 3.22. The molecule has 0 amide bonds. The molecular weight excluding hydrogens is 289 g/mol. The van der Waals surface area contributed by atoms with Crippen molar-refractivity contribution in [3.63, 3.8) is 0 Å². The van der Waals surface area contributed by atoms with E-state index < -0.39 is 34.4 Å². The molecular formula is C12H16FNO5S. The van der Waals surface area contributed by atoms with Gasteiger partial charge >= 0.3 is 5.97 Å². The fourth-order valence-electron chi connectivity index (χ4n) is 1.62. The highest BCUT2D eigenvalue weighted by Crippen LogP contribution is 2.24. The van der Waals surface area contributed by atoms with Crippen LogP contribution >= 0.6 is 0 Å². The number of benzene rings is 1. The number of aliphatic carboxylic acids is 1. The van der Waals surface area contributed by atoms with E-state index in [1.807, 2.05) is 0 Å². The van der Waals surface area contributed by atoms with Crippen molar-refractivity contribution >= 4 is 16.0 Å². The van der Waals surface area contributed by atoms with Gasteiger partial charge in [0.05, 0.1) is 12.0 Å². The average molecular weight is 305 g/mol. The van der Waals surface area contributed by atoms with Gasteiger partial charge in [0.2, 0.25) is 10.0 Å². The van der Waals surface area contributed by atoms with Gasteiger partial charge in [0.25, 0.3) is 0 Å². The molecule has 6 nitrogen and oxygen atoms in total. The van der Waals surface area contributed by atoms with Gasteiger partial charge in [-0.1, -0.05) is 0 Å². The largest absolute Gasteiger partial charge is 0.494 e. The summed E-state index contributed by atoms with van der Waals surface area (Å²) in [5.74, 6) is -2.19. The van der Waals surface area contributed by atoms with E-state index in [1.165, 1.54) is 19.2 Å². The minimum absolute atomic E-state index is 0.0849. The van der Waals surface area contributed by atoms with E-state index in [4.69, 9.17) is 9.84 Å². The molecule has 0 fully saturated rings. The lowest BCUT2D eigenvalue weighted by molar-refractivity contribution is -0.137. The van der Waals surface area contributed by atoms with E-state index in [0.717, 1.165) is 10.4 Å². The molecule has 0 saturated heterocycles. The molecule has 0 aliphatic rings. The summed E-state index contributed by atoms with van der Waals surface area (Å²) in [7, 11) is -2.82. The number of carboxylic acids is 1. The Morgan fingerprint density at radius 2 is 2.05 bits per heavy atom. The summed E-state index contributed by atoms with van der Waals surface area (Å²) >= 11 is 0. The maximum absolute atomic E-state index is 13.6. The molecule has 0 aliphatic carbocycles. The predicted octanol–water partition coefficient (Wildman–Crippen LogP) is 1.32. The van der Waals surface area contributed by atoms with Crippen LogP contribution in [0.5, 0.6) is 5.75 Å². The molecule has 1 N–H and O–H groups in total. The summed E-state index contributed by atoms with van der Waals surface area (Å²) in [4.78, 5) is 10.4. The van der Waals surface area contributed by atoms with Crippen LogP contribution in [-0.4, -0.2) is 43.5 Å². The van der Waals surface area contributed by atoms with E-state index >= 15 is 0 Å². The highest BCUT2D eigenvalue weighted by atomic mass is 32.2. The monoisotopic (exact) mass is 305 g/mol. The molecule has 0 radical (unpaired) electrons. The van der Waals surface area contributed by atoms with Crippen LogP contribution in [0.3, 0.4) is 0 Å². The Hall–Kier alpha value is -1.67. The second kappa shape index (κ2) is 6.19. The Kier molecular flexibility index (Phi) is 5.07. The van der Waals surface area contributed by atoms with E-state index in [9.17, 15) is 17.6 Å². The molecule has 0 unspecified atom stereocenters. The van der Waals surface area contributed by atoms with Crippen LogP contribution in [0.1, 0.15) is 13.8 Å². The summed E-state index contributed by atoms with van der Waals surface area (Å²) < 4.78 is 43.7. The Morgan fingerprint density at radius 3 is 2.45 bits per heavy atom. The molecule has 8 heteroatoms. The van der Waals surface area contributed by atoms with Crippen molar-refractivity contribution in [2.24, 2.45) is 0 Å². The Bertz CT molecular complexity index is 600. The van der Waals surface area contributed by atoms with Gasteiger partial charge < -0.3 is 9.84 Å². The third-order valence-electron chi connectivity index (χ3n) is 2.60. The first-order valence-corrected chi connectivity index (χ1v) is 7.21. The number of halogens is 1. The van der Waals surface area contributed by atoms with E-state index in [-0.39, 0.29) is 10.6 Å². The van der Waals surface area contributed by atoms with E-state index in [0.29, 0.717) is 0 Å². The minimum Gasteiger partial charge on any atom is -0.494 e. The molecule has 0 aliphatic heterocycles. The third kappa shape index (κ3) is 3.45. The summed E-state index contributed by atoms with van der Waals surface area (Å²) in [6.45, 7) is 2.40. The molecule has 0 aromatic heterocycles. The van der Waals surface area contributed by atoms with Crippen molar-refractivity contribution in [3.8, 4) is 5.75 Å². The molecule has 20 heavy (non-hydrogen) atoms. The number of carboxylic acid groups (broad SMARTS) is 1. The summed E-state index contributed by atoms with van der Waals surface area (Å²) in [5, 5.41) is 8.78. The van der Waals surface area contributed by atoms with E-state index in [1.54, 1.807) is 13.8 Å². The summed E-state index contributed by atoms with van der Waals surface area (Å²) in [6, 6.07) is 2.60. The number of ether oxygens (including phenoxy) is 1. The number of nitrogens with zero attached hydrogens (tertiary/aromatic N) is 1. The van der Waals surface area contributed by atoms with Gasteiger partial charge in [0, 0.05) is 6.04 Å². The van der Waals surface area contributed by atoms with Crippen molar-refractivity contribution < 1.29 is 27.4 Å². The van der Waals surface area contributed by atoms with Crippen LogP contribution in [0.25, 0.3) is 0 Å². The van der Waals surface area contributed by atoms with Crippen molar-refractivity contribution in [3.05, 3.63) is 24.0 Å². The Morgan fingerprint density at radius 1 is 1.45 bits per heavy atom. The number of hydrogen-bond donors (Lipinski definition) is 1. The standard InChI is InChI=1S/C12H16FNO5S/c1-8(2)14(7-12(15)16)20(17,18)9-4-5-11(19-3)10(13)6-9/h4-6,8H,7H2,1-3H3,(H,15,16). The third-order valence-corrected chi connectivity index (χ3v) is 4.61. The van der Waals surface area contributed by atoms with Crippen LogP contribution in [0.15, 0.2) is 23.1 Å². The van der Waals surface area contributed by atoms with Gasteiger partial charge in [0.15, 0.2) is 11.6 Å². The fraction of sp³-hybridized carbons (Fsp3) is 0.417. The van der Waals surface area contributed by atoms with E-state index in [2.05, 4.69) is 0 Å². The first-order valence-electron chi connectivity index (χ1n) is 5.77. The zero-order chi connectivity index (χ0) is 15.5. The lowest BCUT2D eigenvalue weighted by atomic mass is 10.3. The second-order valence-corrected chi connectivity index (χ2v) is 6.22. The first-order chi connectivity index (χ1) is 9.20. The van der Waals surface area contributed by atoms with Crippen molar-refractivity contribution in [2.75, 3.05) is 13.7 Å². The lowest BCUT2D eigenvalue weighted by Crippen LogP contribution is -2.40. The van der Waals surface area contributed by atoms with Gasteiger partial charge in [-0.05, 0) is 32.0 Å². The molecule has 0 saturated carbocycles. The number of methoxy groups -OCH3 is 1. The van der Waals surface area contributed by atoms with Crippen LogP contribution in [0.2, 0.25) is 0 Å². The van der Waals surface area contributed by atoms with Gasteiger partial charge in [-0.2, -0.15) is 4.31 Å². The Balaban J connectivity index is 3.26. The number of carbonyl (C=O) groups is 1. The maximum atomic E-state index is 13.6. The van der Waals surface area contributed by atoms with Gasteiger partial charge in [0.1, 0.15) is 6.54 Å². The summed E-state index contributed by atoms with van der Waals surface area (Å²) in [6.07, 6.45) is 0. The molecule has 1 aromatic carbocycles. The normalized spacial score (nSPS) is 11.9. The topological polar surface area (TPSA) is 83.9 Å². The first kappa shape index (κ1) is 16.4. The average Bonchev–Trinajstić information content (AvgIpc) is 2.35. The Labute approximate surface area is 116 Å². The molecule has 112 valence electrons. The smallest absolute Gasteiger partial charge is 0.318 e. The van der Waals surface area contributed by atoms with Crippen molar-refractivity contribution in [1.29, 1.82) is 0 Å². The molecule has 1 aromatic rings.